The van der Waals surface area contributed by atoms with Gasteiger partial charge in [0.2, 0.25) is 0 Å². The van der Waals surface area contributed by atoms with Gasteiger partial charge < -0.3 is 5.32 Å². The summed E-state index contributed by atoms with van der Waals surface area (Å²) in [7, 11) is 2.07. The van der Waals surface area contributed by atoms with Gasteiger partial charge in [0, 0.05) is 12.1 Å². The van der Waals surface area contributed by atoms with Crippen LogP contribution in [-0.4, -0.2) is 37.1 Å². The van der Waals surface area contributed by atoms with E-state index in [4.69, 9.17) is 0 Å². The largest absolute Gasteiger partial charge is 0.319 e. The van der Waals surface area contributed by atoms with Crippen LogP contribution in [-0.2, 0) is 0 Å². The molecule has 0 amide bonds. The van der Waals surface area contributed by atoms with E-state index in [9.17, 15) is 0 Å². The van der Waals surface area contributed by atoms with Crippen molar-refractivity contribution < 1.29 is 0 Å². The Labute approximate surface area is 95.4 Å². The Morgan fingerprint density at radius 3 is 2.60 bits per heavy atom. The van der Waals surface area contributed by atoms with Gasteiger partial charge in [-0.3, -0.25) is 4.90 Å². The quantitative estimate of drug-likeness (QED) is 0.769. The van der Waals surface area contributed by atoms with Gasteiger partial charge in [-0.1, -0.05) is 13.8 Å². The van der Waals surface area contributed by atoms with Gasteiger partial charge in [0.15, 0.2) is 0 Å². The van der Waals surface area contributed by atoms with E-state index >= 15 is 0 Å². The van der Waals surface area contributed by atoms with Gasteiger partial charge in [-0.25, -0.2) is 0 Å². The second-order valence-corrected chi connectivity index (χ2v) is 5.89. The lowest BCUT2D eigenvalue weighted by atomic mass is 9.78. The average molecular weight is 212 g/mol. The smallest absolute Gasteiger partial charge is 0.0193 e. The van der Waals surface area contributed by atoms with Crippen molar-refractivity contribution in [3.63, 3.8) is 0 Å². The van der Waals surface area contributed by atoms with Crippen LogP contribution < -0.4 is 5.32 Å². The number of nitrogens with zero attached hydrogens (tertiary/aromatic N) is 1. The van der Waals surface area contributed by atoms with E-state index < -0.39 is 0 Å². The van der Waals surface area contributed by atoms with Crippen molar-refractivity contribution in [1.29, 1.82) is 0 Å². The second kappa shape index (κ2) is 5.31. The molecule has 0 spiro atoms. The number of hydrogen-bond acceptors (Lipinski definition) is 2. The predicted octanol–water partition coefficient (Wildman–Crippen LogP) is 2.35. The van der Waals surface area contributed by atoms with Gasteiger partial charge >= 0.3 is 0 Å². The van der Waals surface area contributed by atoms with Crippen LogP contribution in [0.4, 0.5) is 0 Å². The minimum atomic E-state index is 0.367. The molecule has 0 aliphatic carbocycles. The standard InChI is InChI=1S/C13H28N2/c1-11(2)10-15-8-6-7-12(9-14-5)13(15,3)4/h11-12,14H,6-10H2,1-5H3. The van der Waals surface area contributed by atoms with E-state index in [2.05, 4.69) is 45.0 Å². The van der Waals surface area contributed by atoms with Gasteiger partial charge in [-0.15, -0.1) is 0 Å². The third-order valence-electron chi connectivity index (χ3n) is 3.83. The highest BCUT2D eigenvalue weighted by atomic mass is 15.2. The Kier molecular flexibility index (Phi) is 4.60. The first-order chi connectivity index (χ1) is 6.98. The zero-order valence-corrected chi connectivity index (χ0v) is 11.1. The number of hydrogen-bond donors (Lipinski definition) is 1. The van der Waals surface area contributed by atoms with E-state index in [0.29, 0.717) is 5.54 Å². The van der Waals surface area contributed by atoms with Crippen molar-refractivity contribution in [2.45, 2.75) is 46.1 Å². The summed E-state index contributed by atoms with van der Waals surface area (Å²) in [6, 6.07) is 0. The van der Waals surface area contributed by atoms with Gasteiger partial charge in [0.25, 0.3) is 0 Å². The lowest BCUT2D eigenvalue weighted by Gasteiger charge is -2.49. The fraction of sp³-hybridized carbons (Fsp3) is 1.00. The molecular formula is C13H28N2. The van der Waals surface area contributed by atoms with Crippen LogP contribution in [0.3, 0.4) is 0 Å². The number of nitrogens with one attached hydrogen (secondary N) is 1. The summed E-state index contributed by atoms with van der Waals surface area (Å²) in [4.78, 5) is 2.68. The van der Waals surface area contributed by atoms with E-state index in [1.54, 1.807) is 0 Å². The Balaban J connectivity index is 2.63. The van der Waals surface area contributed by atoms with E-state index in [-0.39, 0.29) is 0 Å². The second-order valence-electron chi connectivity index (χ2n) is 5.89. The van der Waals surface area contributed by atoms with Crippen LogP contribution in [0.2, 0.25) is 0 Å². The maximum atomic E-state index is 3.34. The Morgan fingerprint density at radius 2 is 2.07 bits per heavy atom. The molecule has 0 bridgehead atoms. The molecule has 1 atom stereocenters. The molecule has 0 aromatic heterocycles. The highest BCUT2D eigenvalue weighted by Crippen LogP contribution is 2.33. The molecule has 15 heavy (non-hydrogen) atoms. The molecule has 0 aromatic carbocycles. The maximum absolute atomic E-state index is 3.34. The SMILES string of the molecule is CNCC1CCCN(CC(C)C)C1(C)C. The molecule has 0 aromatic rings. The Morgan fingerprint density at radius 1 is 1.40 bits per heavy atom. The minimum Gasteiger partial charge on any atom is -0.319 e. The predicted molar refractivity (Wildman–Crippen MR) is 67.1 cm³/mol. The van der Waals surface area contributed by atoms with Gasteiger partial charge in [0.1, 0.15) is 0 Å². The molecule has 1 N–H and O–H groups in total. The van der Waals surface area contributed by atoms with Crippen LogP contribution in [0.15, 0.2) is 0 Å². The highest BCUT2D eigenvalue weighted by Gasteiger charge is 2.37. The lowest BCUT2D eigenvalue weighted by Crippen LogP contribution is -2.56. The molecule has 2 nitrogen and oxygen atoms in total. The lowest BCUT2D eigenvalue weighted by molar-refractivity contribution is 0.0143. The zero-order chi connectivity index (χ0) is 11.5. The summed E-state index contributed by atoms with van der Waals surface area (Å²) in [6.45, 7) is 13.1. The number of rotatable bonds is 4. The van der Waals surface area contributed by atoms with Crippen molar-refractivity contribution in [2.75, 3.05) is 26.7 Å². The summed E-state index contributed by atoms with van der Waals surface area (Å²) >= 11 is 0. The summed E-state index contributed by atoms with van der Waals surface area (Å²) in [6.07, 6.45) is 2.74. The molecule has 1 unspecified atom stereocenters. The van der Waals surface area contributed by atoms with Crippen molar-refractivity contribution in [1.82, 2.24) is 10.2 Å². The summed E-state index contributed by atoms with van der Waals surface area (Å²) < 4.78 is 0. The van der Waals surface area contributed by atoms with E-state index in [1.165, 1.54) is 25.9 Å². The van der Waals surface area contributed by atoms with Crippen LogP contribution in [0.25, 0.3) is 0 Å². The molecule has 1 heterocycles. The molecule has 0 radical (unpaired) electrons. The summed E-state index contributed by atoms with van der Waals surface area (Å²) in [5.41, 5.74) is 0.367. The average Bonchev–Trinajstić information content (AvgIpc) is 2.12. The normalized spacial score (nSPS) is 27.2. The molecule has 2 heteroatoms. The van der Waals surface area contributed by atoms with Crippen LogP contribution in [0.5, 0.6) is 0 Å². The van der Waals surface area contributed by atoms with Crippen molar-refractivity contribution >= 4 is 0 Å². The fourth-order valence-electron chi connectivity index (χ4n) is 2.79. The molecule has 1 rings (SSSR count). The molecular weight excluding hydrogens is 184 g/mol. The van der Waals surface area contributed by atoms with E-state index in [1.807, 2.05) is 0 Å². The highest BCUT2D eigenvalue weighted by molar-refractivity contribution is 4.93. The van der Waals surface area contributed by atoms with Crippen molar-refractivity contribution in [3.8, 4) is 0 Å². The van der Waals surface area contributed by atoms with Crippen LogP contribution in [0.1, 0.15) is 40.5 Å². The summed E-state index contributed by atoms with van der Waals surface area (Å²) in [5, 5.41) is 3.34. The number of piperidine rings is 1. The van der Waals surface area contributed by atoms with Gasteiger partial charge in [-0.2, -0.15) is 0 Å². The van der Waals surface area contributed by atoms with Crippen LogP contribution >= 0.6 is 0 Å². The Hall–Kier alpha value is -0.0800. The molecule has 0 saturated carbocycles. The first kappa shape index (κ1) is 13.0. The topological polar surface area (TPSA) is 15.3 Å². The molecule has 90 valence electrons. The first-order valence-electron chi connectivity index (χ1n) is 6.38. The fourth-order valence-corrected chi connectivity index (χ4v) is 2.79. The monoisotopic (exact) mass is 212 g/mol. The molecule has 1 aliphatic rings. The van der Waals surface area contributed by atoms with Gasteiger partial charge in [0.05, 0.1) is 0 Å². The van der Waals surface area contributed by atoms with Gasteiger partial charge in [-0.05, 0) is 58.7 Å². The molecule has 1 aliphatic heterocycles. The molecule has 1 saturated heterocycles. The van der Waals surface area contributed by atoms with Crippen LogP contribution in [0, 0.1) is 11.8 Å². The molecule has 1 fully saturated rings. The third kappa shape index (κ3) is 3.18. The summed E-state index contributed by atoms with van der Waals surface area (Å²) in [5.74, 6) is 1.58. The van der Waals surface area contributed by atoms with Crippen molar-refractivity contribution in [2.24, 2.45) is 11.8 Å². The first-order valence-corrected chi connectivity index (χ1v) is 6.38. The zero-order valence-electron chi connectivity index (χ0n) is 11.1. The minimum absolute atomic E-state index is 0.367. The Bertz CT molecular complexity index is 185. The maximum Gasteiger partial charge on any atom is 0.0193 e. The van der Waals surface area contributed by atoms with E-state index in [0.717, 1.165) is 18.4 Å². The number of likely N-dealkylation sites (tertiary alicyclic amines) is 1. The van der Waals surface area contributed by atoms with Crippen molar-refractivity contribution in [3.05, 3.63) is 0 Å². The third-order valence-corrected chi connectivity index (χ3v) is 3.83.